The summed E-state index contributed by atoms with van der Waals surface area (Å²) >= 11 is 0. The van der Waals surface area contributed by atoms with Gasteiger partial charge >= 0.3 is 0 Å². The van der Waals surface area contributed by atoms with E-state index in [4.69, 9.17) is 5.73 Å². The van der Waals surface area contributed by atoms with Crippen molar-refractivity contribution in [2.75, 3.05) is 5.73 Å². The third kappa shape index (κ3) is 0.955. The Kier molecular flexibility index (Phi) is 1.37. The average molecular weight is 160 g/mol. The normalized spacial score (nSPS) is 10.3. The summed E-state index contributed by atoms with van der Waals surface area (Å²) in [5, 5.41) is 10.2. The van der Waals surface area contributed by atoms with Gasteiger partial charge in [0.1, 0.15) is 11.6 Å². The number of rotatable bonds is 0. The fourth-order valence-electron chi connectivity index (χ4n) is 1.18. The third-order valence-electron chi connectivity index (χ3n) is 1.71. The largest absolute Gasteiger partial charge is 0.507 e. The Bertz CT molecular complexity index is 426. The van der Waals surface area contributed by atoms with Crippen LogP contribution in [0.25, 0.3) is 10.9 Å². The lowest BCUT2D eigenvalue weighted by Gasteiger charge is -2.00. The highest BCUT2D eigenvalue weighted by atomic mass is 16.3. The molecule has 0 aliphatic rings. The molecule has 0 saturated heterocycles. The lowest BCUT2D eigenvalue weighted by atomic mass is 10.2. The number of nitrogens with two attached hydrogens (primary N) is 1. The molecule has 0 atom stereocenters. The van der Waals surface area contributed by atoms with Gasteiger partial charge in [-0.2, -0.15) is 0 Å². The molecule has 0 fully saturated rings. The molecule has 1 aromatic heterocycles. The molecule has 60 valence electrons. The first-order chi connectivity index (χ1) is 5.77. The van der Waals surface area contributed by atoms with Gasteiger partial charge in [-0.15, -0.1) is 0 Å². The van der Waals surface area contributed by atoms with Crippen LogP contribution >= 0.6 is 0 Å². The Labute approximate surface area is 69.5 Å². The summed E-state index contributed by atoms with van der Waals surface area (Å²) in [4.78, 5) is 4.05. The van der Waals surface area contributed by atoms with E-state index in [2.05, 4.69) is 4.98 Å². The van der Waals surface area contributed by atoms with Gasteiger partial charge in [-0.05, 0) is 12.1 Å². The van der Waals surface area contributed by atoms with E-state index >= 15 is 0 Å². The fourth-order valence-corrected chi connectivity index (χ4v) is 1.18. The predicted octanol–water partition coefficient (Wildman–Crippen LogP) is 1.52. The van der Waals surface area contributed by atoms with Crippen molar-refractivity contribution in [3.05, 3.63) is 30.3 Å². The lowest BCUT2D eigenvalue weighted by Crippen LogP contribution is -1.89. The highest BCUT2D eigenvalue weighted by Crippen LogP contribution is 2.24. The SMILES string of the molecule is Nc1cc(O)c2ccccc2n1. The molecule has 0 radical (unpaired) electrons. The first-order valence-electron chi connectivity index (χ1n) is 3.61. The van der Waals surface area contributed by atoms with Gasteiger partial charge in [-0.1, -0.05) is 12.1 Å². The highest BCUT2D eigenvalue weighted by Gasteiger charge is 2.00. The molecular weight excluding hydrogens is 152 g/mol. The summed E-state index contributed by atoms with van der Waals surface area (Å²) in [6.07, 6.45) is 0. The van der Waals surface area contributed by atoms with Crippen LogP contribution in [0.5, 0.6) is 5.75 Å². The van der Waals surface area contributed by atoms with E-state index in [1.165, 1.54) is 6.07 Å². The lowest BCUT2D eigenvalue weighted by molar-refractivity contribution is 0.481. The summed E-state index contributed by atoms with van der Waals surface area (Å²) in [6, 6.07) is 8.76. The van der Waals surface area contributed by atoms with Crippen molar-refractivity contribution < 1.29 is 5.11 Å². The van der Waals surface area contributed by atoms with Crippen molar-refractivity contribution in [3.63, 3.8) is 0 Å². The van der Waals surface area contributed by atoms with Crippen molar-refractivity contribution >= 4 is 16.7 Å². The topological polar surface area (TPSA) is 59.1 Å². The number of pyridine rings is 1. The van der Waals surface area contributed by atoms with Gasteiger partial charge < -0.3 is 10.8 Å². The molecule has 2 rings (SSSR count). The van der Waals surface area contributed by atoms with Gasteiger partial charge in [-0.3, -0.25) is 0 Å². The van der Waals surface area contributed by atoms with Crippen molar-refractivity contribution in [1.29, 1.82) is 0 Å². The van der Waals surface area contributed by atoms with E-state index in [-0.39, 0.29) is 5.75 Å². The summed E-state index contributed by atoms with van der Waals surface area (Å²) < 4.78 is 0. The molecule has 0 unspecified atom stereocenters. The van der Waals surface area contributed by atoms with E-state index in [1.807, 2.05) is 18.2 Å². The second kappa shape index (κ2) is 2.37. The van der Waals surface area contributed by atoms with Crippen LogP contribution < -0.4 is 5.73 Å². The van der Waals surface area contributed by atoms with Crippen molar-refractivity contribution in [2.24, 2.45) is 0 Å². The number of anilines is 1. The molecule has 3 N–H and O–H groups in total. The molecule has 1 heterocycles. The summed E-state index contributed by atoms with van der Waals surface area (Å²) in [5.41, 5.74) is 6.17. The minimum Gasteiger partial charge on any atom is -0.507 e. The molecule has 0 bridgehead atoms. The second-order valence-electron chi connectivity index (χ2n) is 2.58. The van der Waals surface area contributed by atoms with E-state index in [9.17, 15) is 5.11 Å². The number of nitrogens with zero attached hydrogens (tertiary/aromatic N) is 1. The smallest absolute Gasteiger partial charge is 0.128 e. The molecule has 0 saturated carbocycles. The Hall–Kier alpha value is -1.77. The number of hydrogen-bond donors (Lipinski definition) is 2. The second-order valence-corrected chi connectivity index (χ2v) is 2.58. The number of benzene rings is 1. The zero-order valence-corrected chi connectivity index (χ0v) is 6.36. The maximum absolute atomic E-state index is 9.43. The first kappa shape index (κ1) is 6.91. The Morgan fingerprint density at radius 3 is 2.83 bits per heavy atom. The minimum atomic E-state index is 0.179. The van der Waals surface area contributed by atoms with E-state index in [0.29, 0.717) is 5.82 Å². The molecule has 0 amide bonds. The standard InChI is InChI=1S/C9H8N2O/c10-9-5-8(12)6-3-1-2-4-7(6)11-9/h1-5H,(H3,10,11,12). The number of nitrogen functional groups attached to an aromatic ring is 1. The molecular formula is C9H8N2O. The minimum absolute atomic E-state index is 0.179. The van der Waals surface area contributed by atoms with Gasteiger partial charge in [0, 0.05) is 11.5 Å². The van der Waals surface area contributed by atoms with Gasteiger partial charge in [0.2, 0.25) is 0 Å². The van der Waals surface area contributed by atoms with Crippen LogP contribution in [0.1, 0.15) is 0 Å². The van der Waals surface area contributed by atoms with E-state index < -0.39 is 0 Å². The van der Waals surface area contributed by atoms with Crippen LogP contribution in [0.3, 0.4) is 0 Å². The maximum atomic E-state index is 9.43. The zero-order valence-electron chi connectivity index (χ0n) is 6.36. The van der Waals surface area contributed by atoms with Gasteiger partial charge in [0.15, 0.2) is 0 Å². The quantitative estimate of drug-likeness (QED) is 0.614. The van der Waals surface area contributed by atoms with Gasteiger partial charge in [0.05, 0.1) is 5.52 Å². The predicted molar refractivity (Wildman–Crippen MR) is 47.8 cm³/mol. The van der Waals surface area contributed by atoms with E-state index in [0.717, 1.165) is 10.9 Å². The third-order valence-corrected chi connectivity index (χ3v) is 1.71. The van der Waals surface area contributed by atoms with Gasteiger partial charge in [0.25, 0.3) is 0 Å². The van der Waals surface area contributed by atoms with Crippen LogP contribution in [-0.4, -0.2) is 10.1 Å². The number of hydrogen-bond acceptors (Lipinski definition) is 3. The molecule has 3 nitrogen and oxygen atoms in total. The summed E-state index contributed by atoms with van der Waals surface area (Å²) in [5.74, 6) is 0.518. The molecule has 0 aliphatic carbocycles. The van der Waals surface area contributed by atoms with Crippen LogP contribution in [0, 0.1) is 0 Å². The average Bonchev–Trinajstić information content (AvgIpc) is 2.04. The number of aromatic hydroxyl groups is 1. The molecule has 0 aliphatic heterocycles. The Morgan fingerprint density at radius 1 is 1.25 bits per heavy atom. The fraction of sp³-hybridized carbons (Fsp3) is 0. The summed E-state index contributed by atoms with van der Waals surface area (Å²) in [7, 11) is 0. The molecule has 1 aromatic carbocycles. The molecule has 3 heteroatoms. The van der Waals surface area contributed by atoms with Crippen molar-refractivity contribution in [2.45, 2.75) is 0 Å². The molecule has 2 aromatic rings. The van der Waals surface area contributed by atoms with Crippen molar-refractivity contribution in [3.8, 4) is 5.75 Å². The van der Waals surface area contributed by atoms with Crippen molar-refractivity contribution in [1.82, 2.24) is 4.98 Å². The van der Waals surface area contributed by atoms with Crippen LogP contribution in [-0.2, 0) is 0 Å². The number of fused-ring (bicyclic) bond motifs is 1. The van der Waals surface area contributed by atoms with Crippen LogP contribution in [0.4, 0.5) is 5.82 Å². The summed E-state index contributed by atoms with van der Waals surface area (Å²) in [6.45, 7) is 0. The Balaban J connectivity index is 2.89. The van der Waals surface area contributed by atoms with E-state index in [1.54, 1.807) is 6.07 Å². The van der Waals surface area contributed by atoms with Gasteiger partial charge in [-0.25, -0.2) is 4.98 Å². The first-order valence-corrected chi connectivity index (χ1v) is 3.61. The van der Waals surface area contributed by atoms with Crippen LogP contribution in [0.2, 0.25) is 0 Å². The zero-order chi connectivity index (χ0) is 8.55. The number of aromatic nitrogens is 1. The maximum Gasteiger partial charge on any atom is 0.128 e. The molecule has 0 spiro atoms. The highest BCUT2D eigenvalue weighted by molar-refractivity contribution is 5.86. The number of para-hydroxylation sites is 1. The molecule has 12 heavy (non-hydrogen) atoms. The Morgan fingerprint density at radius 2 is 2.00 bits per heavy atom. The monoisotopic (exact) mass is 160 g/mol. The van der Waals surface area contributed by atoms with Crippen LogP contribution in [0.15, 0.2) is 30.3 Å².